The summed E-state index contributed by atoms with van der Waals surface area (Å²) in [7, 11) is 3.19. The van der Waals surface area contributed by atoms with Gasteiger partial charge in [0, 0.05) is 17.8 Å². The number of hydrogen-bond acceptors (Lipinski definition) is 3. The molecule has 0 radical (unpaired) electrons. The molecule has 0 aliphatic rings. The number of H-pyrrole nitrogens is 1. The lowest BCUT2D eigenvalue weighted by atomic mass is 10.0. The molecule has 3 rings (SSSR count). The Hall–Kier alpha value is -2.79. The first-order chi connectivity index (χ1) is 11.6. The van der Waals surface area contributed by atoms with Crippen molar-refractivity contribution in [3.63, 3.8) is 0 Å². The fourth-order valence-electron chi connectivity index (χ4n) is 2.71. The van der Waals surface area contributed by atoms with Gasteiger partial charge in [0.15, 0.2) is 23.9 Å². The highest BCUT2D eigenvalue weighted by molar-refractivity contribution is 5.72. The second kappa shape index (κ2) is 7.85. The van der Waals surface area contributed by atoms with Gasteiger partial charge in [-0.25, -0.2) is 0 Å². The van der Waals surface area contributed by atoms with Crippen LogP contribution in [-0.2, 0) is 0 Å². The van der Waals surface area contributed by atoms with Crippen LogP contribution >= 0.6 is 0 Å². The van der Waals surface area contributed by atoms with E-state index in [1.165, 1.54) is 0 Å². The Bertz CT molecular complexity index is 924. The smallest absolute Gasteiger partial charge is 0.321 e. The highest BCUT2D eigenvalue weighted by Gasteiger charge is 2.20. The van der Waals surface area contributed by atoms with Crippen molar-refractivity contribution in [2.24, 2.45) is 0 Å². The Morgan fingerprint density at radius 2 is 1.64 bits per heavy atom. The maximum absolute atomic E-state index is 12.6. The lowest BCUT2D eigenvalue weighted by molar-refractivity contribution is -0.596. The summed E-state index contributed by atoms with van der Waals surface area (Å²) in [6, 6.07) is 13.3. The van der Waals surface area contributed by atoms with E-state index in [1.807, 2.05) is 66.3 Å². The third kappa shape index (κ3) is 3.67. The number of halogens is 1. The summed E-state index contributed by atoms with van der Waals surface area (Å²) >= 11 is 0. The van der Waals surface area contributed by atoms with Crippen molar-refractivity contribution >= 4 is 0 Å². The van der Waals surface area contributed by atoms with Crippen LogP contribution in [0.3, 0.4) is 0 Å². The molecule has 2 aromatic heterocycles. The van der Waals surface area contributed by atoms with Gasteiger partial charge in [-0.2, -0.15) is 4.57 Å². The van der Waals surface area contributed by atoms with Gasteiger partial charge in [-0.1, -0.05) is 12.1 Å². The molecule has 0 bridgehead atoms. The van der Waals surface area contributed by atoms with E-state index in [0.29, 0.717) is 17.2 Å². The molecule has 0 aliphatic carbocycles. The van der Waals surface area contributed by atoms with E-state index in [0.717, 1.165) is 16.8 Å². The molecule has 130 valence electrons. The van der Waals surface area contributed by atoms with Crippen LogP contribution in [0.1, 0.15) is 5.69 Å². The Kier molecular flexibility index (Phi) is 5.83. The van der Waals surface area contributed by atoms with Gasteiger partial charge >= 0.3 is 5.56 Å². The maximum atomic E-state index is 12.6. The lowest BCUT2D eigenvalue weighted by Gasteiger charge is -2.11. The number of hydrogen-bond donors (Lipinski definition) is 1. The zero-order valence-electron chi connectivity index (χ0n) is 14.2. The van der Waals surface area contributed by atoms with Crippen LogP contribution in [0.4, 0.5) is 0 Å². The van der Waals surface area contributed by atoms with E-state index in [-0.39, 0.29) is 18.0 Å². The molecular weight excluding hydrogens is 340 g/mol. The Labute approximate surface area is 152 Å². The van der Waals surface area contributed by atoms with E-state index < -0.39 is 0 Å². The van der Waals surface area contributed by atoms with E-state index in [4.69, 9.17) is 9.47 Å². The summed E-state index contributed by atoms with van der Waals surface area (Å²) in [5.74, 6) is 1.27. The highest BCUT2D eigenvalue weighted by atomic mass is 35.5. The van der Waals surface area contributed by atoms with Crippen LogP contribution in [0.5, 0.6) is 11.5 Å². The molecule has 25 heavy (non-hydrogen) atoms. The fourth-order valence-corrected chi connectivity index (χ4v) is 2.71. The Balaban J connectivity index is 0.00000225. The highest BCUT2D eigenvalue weighted by Crippen LogP contribution is 2.33. The number of pyridine rings is 2. The first kappa shape index (κ1) is 18.5. The second-order valence-corrected chi connectivity index (χ2v) is 5.40. The van der Waals surface area contributed by atoms with Crippen molar-refractivity contribution in [1.82, 2.24) is 4.98 Å². The van der Waals surface area contributed by atoms with Gasteiger partial charge in [0.05, 0.1) is 19.8 Å². The van der Waals surface area contributed by atoms with Gasteiger partial charge < -0.3 is 26.9 Å². The molecule has 0 unspecified atom stereocenters. The van der Waals surface area contributed by atoms with Crippen molar-refractivity contribution in [3.05, 3.63) is 70.9 Å². The van der Waals surface area contributed by atoms with Crippen molar-refractivity contribution in [3.8, 4) is 28.3 Å². The molecular formula is C19H19ClN2O3. The standard InChI is InChI=1S/C19H18N2O3.ClH/c1-13-11-15(14-7-8-16(23-2)17(12-14)24-3)18(19(22)20-13)21-9-5-4-6-10-21;/h4-12H,1-3H3;1H. The van der Waals surface area contributed by atoms with E-state index in [9.17, 15) is 4.79 Å². The molecule has 1 N–H and O–H groups in total. The monoisotopic (exact) mass is 358 g/mol. The van der Waals surface area contributed by atoms with E-state index >= 15 is 0 Å². The number of aryl methyl sites for hydroxylation is 1. The molecule has 0 saturated heterocycles. The molecule has 0 saturated carbocycles. The predicted molar refractivity (Wildman–Crippen MR) is 91.9 cm³/mol. The van der Waals surface area contributed by atoms with Crippen molar-refractivity contribution in [2.75, 3.05) is 14.2 Å². The number of aromatic nitrogens is 2. The molecule has 3 aromatic rings. The molecule has 0 atom stereocenters. The molecule has 0 amide bonds. The van der Waals surface area contributed by atoms with Gasteiger partial charge in [0.2, 0.25) is 0 Å². The summed E-state index contributed by atoms with van der Waals surface area (Å²) in [5.41, 5.74) is 2.93. The van der Waals surface area contributed by atoms with Gasteiger partial charge in [0.1, 0.15) is 0 Å². The molecule has 6 heteroatoms. The van der Waals surface area contributed by atoms with Gasteiger partial charge in [-0.15, -0.1) is 0 Å². The summed E-state index contributed by atoms with van der Waals surface area (Å²) in [6.07, 6.45) is 3.70. The third-order valence-corrected chi connectivity index (χ3v) is 3.81. The normalized spacial score (nSPS) is 10.0. The SMILES string of the molecule is COc1ccc(-c2cc(C)[nH]c(=O)c2-[n+]2ccccc2)cc1OC.[Cl-]. The minimum absolute atomic E-state index is 0. The minimum Gasteiger partial charge on any atom is -1.00 e. The minimum atomic E-state index is -0.143. The van der Waals surface area contributed by atoms with Crippen molar-refractivity contribution in [1.29, 1.82) is 0 Å². The second-order valence-electron chi connectivity index (χ2n) is 5.40. The van der Waals surface area contributed by atoms with Crippen molar-refractivity contribution < 1.29 is 26.4 Å². The molecule has 2 heterocycles. The fraction of sp³-hybridized carbons (Fsp3) is 0.158. The largest absolute Gasteiger partial charge is 1.00 e. The average Bonchev–Trinajstić information content (AvgIpc) is 2.61. The quantitative estimate of drug-likeness (QED) is 0.649. The number of nitrogens with one attached hydrogen (secondary N) is 1. The summed E-state index contributed by atoms with van der Waals surface area (Å²) in [6.45, 7) is 1.87. The average molecular weight is 359 g/mol. The topological polar surface area (TPSA) is 55.2 Å². The Morgan fingerprint density at radius 1 is 0.960 bits per heavy atom. The van der Waals surface area contributed by atoms with Crippen molar-refractivity contribution in [2.45, 2.75) is 6.92 Å². The molecule has 0 spiro atoms. The first-order valence-electron chi connectivity index (χ1n) is 7.57. The summed E-state index contributed by atoms with van der Waals surface area (Å²) in [5, 5.41) is 0. The van der Waals surface area contributed by atoms with Crippen LogP contribution in [0.2, 0.25) is 0 Å². The third-order valence-electron chi connectivity index (χ3n) is 3.81. The summed E-state index contributed by atoms with van der Waals surface area (Å²) in [4.78, 5) is 15.4. The van der Waals surface area contributed by atoms with Gasteiger partial charge in [0.25, 0.3) is 5.69 Å². The predicted octanol–water partition coefficient (Wildman–Crippen LogP) is -0.352. The number of nitrogens with zero attached hydrogens (tertiary/aromatic N) is 1. The van der Waals surface area contributed by atoms with Crippen LogP contribution < -0.4 is 32.0 Å². The number of rotatable bonds is 4. The van der Waals surface area contributed by atoms with Crippen LogP contribution in [0.15, 0.2) is 59.7 Å². The molecule has 0 fully saturated rings. The first-order valence-corrected chi connectivity index (χ1v) is 7.57. The molecule has 1 aromatic carbocycles. The Morgan fingerprint density at radius 3 is 2.28 bits per heavy atom. The van der Waals surface area contributed by atoms with Crippen LogP contribution in [0, 0.1) is 6.92 Å². The van der Waals surface area contributed by atoms with Gasteiger partial charge in [-0.3, -0.25) is 4.79 Å². The lowest BCUT2D eigenvalue weighted by Crippen LogP contribution is -3.00. The number of ether oxygens (including phenoxy) is 2. The number of methoxy groups -OCH3 is 2. The van der Waals surface area contributed by atoms with Gasteiger partial charge in [-0.05, 0) is 30.7 Å². The van der Waals surface area contributed by atoms with Crippen LogP contribution in [-0.4, -0.2) is 19.2 Å². The maximum Gasteiger partial charge on any atom is 0.321 e. The zero-order valence-corrected chi connectivity index (χ0v) is 15.0. The summed E-state index contributed by atoms with van der Waals surface area (Å²) < 4.78 is 12.5. The number of aromatic amines is 1. The molecule has 0 aliphatic heterocycles. The van der Waals surface area contributed by atoms with E-state index in [2.05, 4.69) is 4.98 Å². The number of benzene rings is 1. The van der Waals surface area contributed by atoms with Crippen LogP contribution in [0.25, 0.3) is 16.8 Å². The zero-order chi connectivity index (χ0) is 17.1. The molecule has 5 nitrogen and oxygen atoms in total. The van der Waals surface area contributed by atoms with E-state index in [1.54, 1.807) is 14.2 Å².